The zero-order valence-corrected chi connectivity index (χ0v) is 12.5. The van der Waals surface area contributed by atoms with Gasteiger partial charge in [-0.3, -0.25) is 14.6 Å². The molecule has 0 spiro atoms. The number of hydrogen-bond acceptors (Lipinski definition) is 4. The molecule has 6 heteroatoms. The summed E-state index contributed by atoms with van der Waals surface area (Å²) in [5, 5.41) is 6.18. The topological polar surface area (TPSA) is 64.7 Å². The molecule has 0 radical (unpaired) electrons. The number of carbonyl (C=O) groups is 2. The van der Waals surface area contributed by atoms with Crippen molar-refractivity contribution in [3.8, 4) is 0 Å². The van der Waals surface area contributed by atoms with Gasteiger partial charge in [0.05, 0.1) is 6.54 Å². The summed E-state index contributed by atoms with van der Waals surface area (Å²) in [6.07, 6.45) is 3.67. The van der Waals surface area contributed by atoms with E-state index in [1.807, 2.05) is 0 Å². The molecule has 0 aromatic carbocycles. The summed E-state index contributed by atoms with van der Waals surface area (Å²) >= 11 is 0. The van der Waals surface area contributed by atoms with Gasteiger partial charge in [-0.2, -0.15) is 0 Å². The van der Waals surface area contributed by atoms with Gasteiger partial charge in [-0.05, 0) is 33.2 Å². The molecule has 2 fully saturated rings. The van der Waals surface area contributed by atoms with Gasteiger partial charge in [0.15, 0.2) is 0 Å². The number of rotatable bonds is 5. The Labute approximate surface area is 120 Å². The summed E-state index contributed by atoms with van der Waals surface area (Å²) in [4.78, 5) is 27.2. The van der Waals surface area contributed by atoms with Crippen molar-refractivity contribution in [3.05, 3.63) is 0 Å². The minimum absolute atomic E-state index is 0.0930. The highest BCUT2D eigenvalue weighted by Crippen LogP contribution is 2.11. The molecule has 114 valence electrons. The van der Waals surface area contributed by atoms with E-state index in [2.05, 4.69) is 29.4 Å². The average molecular weight is 282 g/mol. The summed E-state index contributed by atoms with van der Waals surface area (Å²) in [6, 6.07) is 0.509. The number of amides is 3. The lowest BCUT2D eigenvalue weighted by molar-refractivity contribution is -0.129. The maximum Gasteiger partial charge on any atom is 0.324 e. The normalized spacial score (nSPS) is 23.5. The molecule has 2 N–H and O–H groups in total. The van der Waals surface area contributed by atoms with Gasteiger partial charge < -0.3 is 10.6 Å². The van der Waals surface area contributed by atoms with Crippen molar-refractivity contribution >= 4 is 11.9 Å². The Balaban J connectivity index is 1.87. The second kappa shape index (κ2) is 7.04. The molecule has 1 unspecified atom stereocenters. The number of nitrogens with one attached hydrogen (secondary N) is 2. The zero-order valence-electron chi connectivity index (χ0n) is 12.5. The van der Waals surface area contributed by atoms with E-state index in [4.69, 9.17) is 0 Å². The Bertz CT molecular complexity index is 353. The third-order valence-electron chi connectivity index (χ3n) is 4.09. The number of imide groups is 1. The van der Waals surface area contributed by atoms with Gasteiger partial charge in [-0.1, -0.05) is 6.42 Å². The maximum absolute atomic E-state index is 12.2. The first-order valence-corrected chi connectivity index (χ1v) is 7.63. The average Bonchev–Trinajstić information content (AvgIpc) is 2.85. The van der Waals surface area contributed by atoms with Crippen LogP contribution in [0.5, 0.6) is 0 Å². The van der Waals surface area contributed by atoms with Crippen LogP contribution in [0, 0.1) is 0 Å². The summed E-state index contributed by atoms with van der Waals surface area (Å²) in [7, 11) is 0. The quantitative estimate of drug-likeness (QED) is 0.766. The van der Waals surface area contributed by atoms with E-state index in [0.717, 1.165) is 13.1 Å². The highest BCUT2D eigenvalue weighted by atomic mass is 16.2. The van der Waals surface area contributed by atoms with E-state index in [9.17, 15) is 9.59 Å². The number of carbonyl (C=O) groups excluding carboxylic acids is 2. The Hall–Kier alpha value is -1.14. The van der Waals surface area contributed by atoms with E-state index in [-0.39, 0.29) is 11.9 Å². The van der Waals surface area contributed by atoms with Crippen LogP contribution >= 0.6 is 0 Å². The lowest BCUT2D eigenvalue weighted by Gasteiger charge is -2.33. The summed E-state index contributed by atoms with van der Waals surface area (Å²) in [5.41, 5.74) is 0. The van der Waals surface area contributed by atoms with Gasteiger partial charge in [0.25, 0.3) is 0 Å². The Morgan fingerprint density at radius 3 is 2.75 bits per heavy atom. The molecular formula is C14H26N4O2. The largest absolute Gasteiger partial charge is 0.336 e. The summed E-state index contributed by atoms with van der Waals surface area (Å²) in [6.45, 7) is 7.52. The number of urea groups is 1. The van der Waals surface area contributed by atoms with Crippen molar-refractivity contribution in [1.82, 2.24) is 20.4 Å². The number of nitrogens with zero attached hydrogens (tertiary/aromatic N) is 2. The molecule has 2 heterocycles. The first-order chi connectivity index (χ1) is 9.58. The van der Waals surface area contributed by atoms with Gasteiger partial charge in [-0.25, -0.2) is 4.79 Å². The van der Waals surface area contributed by atoms with E-state index in [0.29, 0.717) is 31.7 Å². The lowest BCUT2D eigenvalue weighted by Crippen LogP contribution is -2.50. The summed E-state index contributed by atoms with van der Waals surface area (Å²) < 4.78 is 0. The predicted molar refractivity (Wildman–Crippen MR) is 77.5 cm³/mol. The van der Waals surface area contributed by atoms with E-state index in [1.165, 1.54) is 24.2 Å². The monoisotopic (exact) mass is 282 g/mol. The van der Waals surface area contributed by atoms with Crippen LogP contribution in [0.15, 0.2) is 0 Å². The highest BCUT2D eigenvalue weighted by molar-refractivity contribution is 5.96. The van der Waals surface area contributed by atoms with Gasteiger partial charge in [0.1, 0.15) is 0 Å². The molecule has 0 saturated carbocycles. The van der Waals surface area contributed by atoms with Crippen LogP contribution in [-0.2, 0) is 4.79 Å². The minimum atomic E-state index is -0.255. The molecular weight excluding hydrogens is 256 g/mol. The molecule has 2 rings (SSSR count). The van der Waals surface area contributed by atoms with Crippen LogP contribution in [0.4, 0.5) is 4.79 Å². The van der Waals surface area contributed by atoms with Crippen molar-refractivity contribution < 1.29 is 9.59 Å². The van der Waals surface area contributed by atoms with E-state index in [1.54, 1.807) is 0 Å². The van der Waals surface area contributed by atoms with Crippen molar-refractivity contribution in [1.29, 1.82) is 0 Å². The minimum Gasteiger partial charge on any atom is -0.336 e. The molecule has 0 aliphatic carbocycles. The molecule has 20 heavy (non-hydrogen) atoms. The number of piperidine rings is 1. The standard InChI is InChI=1S/C14H26N4O2/c1-11(2)17(9-12-5-3-4-6-15-12)10-13(19)18-8-7-16-14(18)20/h11-12,15H,3-10H2,1-2H3,(H,16,20). The molecule has 3 amide bonds. The predicted octanol–water partition coefficient (Wildman–Crippen LogP) is 0.391. The second-order valence-corrected chi connectivity index (χ2v) is 5.95. The third kappa shape index (κ3) is 3.93. The van der Waals surface area contributed by atoms with Gasteiger partial charge in [0.2, 0.25) is 5.91 Å². The SMILES string of the molecule is CC(C)N(CC(=O)N1CCNC1=O)CC1CCCCN1. The molecule has 0 bridgehead atoms. The Morgan fingerprint density at radius 2 is 2.20 bits per heavy atom. The van der Waals surface area contributed by atoms with Gasteiger partial charge >= 0.3 is 6.03 Å². The zero-order chi connectivity index (χ0) is 14.5. The fraction of sp³-hybridized carbons (Fsp3) is 0.857. The fourth-order valence-electron chi connectivity index (χ4n) is 2.79. The fourth-order valence-corrected chi connectivity index (χ4v) is 2.79. The molecule has 2 saturated heterocycles. The molecule has 6 nitrogen and oxygen atoms in total. The smallest absolute Gasteiger partial charge is 0.324 e. The summed E-state index contributed by atoms with van der Waals surface area (Å²) in [5.74, 6) is -0.0930. The van der Waals surface area contributed by atoms with Crippen LogP contribution in [0.2, 0.25) is 0 Å². The highest BCUT2D eigenvalue weighted by Gasteiger charge is 2.28. The van der Waals surface area contributed by atoms with Gasteiger partial charge in [0, 0.05) is 31.7 Å². The van der Waals surface area contributed by atoms with Crippen molar-refractivity contribution in [3.63, 3.8) is 0 Å². The third-order valence-corrected chi connectivity index (χ3v) is 4.09. The molecule has 2 aliphatic rings. The van der Waals surface area contributed by atoms with Crippen molar-refractivity contribution in [2.75, 3.05) is 32.7 Å². The molecule has 1 atom stereocenters. The van der Waals surface area contributed by atoms with Crippen LogP contribution in [0.25, 0.3) is 0 Å². The van der Waals surface area contributed by atoms with Crippen LogP contribution < -0.4 is 10.6 Å². The first kappa shape index (κ1) is 15.3. The lowest BCUT2D eigenvalue weighted by atomic mass is 10.0. The second-order valence-electron chi connectivity index (χ2n) is 5.95. The van der Waals surface area contributed by atoms with E-state index < -0.39 is 0 Å². The van der Waals surface area contributed by atoms with Crippen LogP contribution in [-0.4, -0.2) is 66.5 Å². The van der Waals surface area contributed by atoms with Crippen molar-refractivity contribution in [2.45, 2.75) is 45.2 Å². The van der Waals surface area contributed by atoms with Crippen LogP contribution in [0.1, 0.15) is 33.1 Å². The molecule has 0 aromatic rings. The maximum atomic E-state index is 12.2. The van der Waals surface area contributed by atoms with Crippen molar-refractivity contribution in [2.24, 2.45) is 0 Å². The first-order valence-electron chi connectivity index (χ1n) is 7.63. The van der Waals surface area contributed by atoms with Crippen LogP contribution in [0.3, 0.4) is 0 Å². The molecule has 0 aromatic heterocycles. The Kier molecular flexibility index (Phi) is 5.37. The molecule has 2 aliphatic heterocycles. The van der Waals surface area contributed by atoms with Gasteiger partial charge in [-0.15, -0.1) is 0 Å². The number of hydrogen-bond donors (Lipinski definition) is 2. The van der Waals surface area contributed by atoms with E-state index >= 15 is 0 Å². The Morgan fingerprint density at radius 1 is 1.40 bits per heavy atom.